The van der Waals surface area contributed by atoms with E-state index in [1.165, 1.54) is 0 Å². The van der Waals surface area contributed by atoms with Crippen LogP contribution in [0.15, 0.2) is 54.6 Å². The summed E-state index contributed by atoms with van der Waals surface area (Å²) in [5.41, 5.74) is 2.77. The summed E-state index contributed by atoms with van der Waals surface area (Å²) in [6.07, 6.45) is -0.379. The Balaban J connectivity index is 1.42. The first kappa shape index (κ1) is 15.5. The molecule has 0 radical (unpaired) electrons. The number of hydrogen-bond donors (Lipinski definition) is 1. The standard InChI is InChI=1S/C19H19N3O3/c23-18-17-12-21(19(24)25-13-14-6-2-1-3-7-14)10-11-22(17)16-9-5-4-8-15(16)20-18/h1-9,17H,10-13H2,(H,20,23). The molecule has 2 aliphatic heterocycles. The van der Waals surface area contributed by atoms with Gasteiger partial charge in [-0.2, -0.15) is 0 Å². The van der Waals surface area contributed by atoms with Crippen molar-refractivity contribution in [1.29, 1.82) is 0 Å². The summed E-state index contributed by atoms with van der Waals surface area (Å²) in [5.74, 6) is -0.0840. The van der Waals surface area contributed by atoms with Gasteiger partial charge in [-0.15, -0.1) is 0 Å². The van der Waals surface area contributed by atoms with Crippen molar-refractivity contribution in [3.05, 3.63) is 60.2 Å². The Morgan fingerprint density at radius 3 is 2.68 bits per heavy atom. The van der Waals surface area contributed by atoms with Gasteiger partial charge >= 0.3 is 6.09 Å². The molecule has 1 saturated heterocycles. The molecular weight excluding hydrogens is 318 g/mol. The Hall–Kier alpha value is -3.02. The van der Waals surface area contributed by atoms with E-state index < -0.39 is 0 Å². The molecule has 2 aromatic carbocycles. The average Bonchev–Trinajstić information content (AvgIpc) is 2.67. The van der Waals surface area contributed by atoms with Crippen molar-refractivity contribution in [3.8, 4) is 0 Å². The molecule has 1 fully saturated rings. The van der Waals surface area contributed by atoms with Gasteiger partial charge in [0.25, 0.3) is 0 Å². The average molecular weight is 337 g/mol. The van der Waals surface area contributed by atoms with Gasteiger partial charge in [-0.25, -0.2) is 4.79 Å². The van der Waals surface area contributed by atoms with Gasteiger partial charge in [0.2, 0.25) is 5.91 Å². The number of ether oxygens (including phenoxy) is 1. The van der Waals surface area contributed by atoms with Crippen LogP contribution in [0, 0.1) is 0 Å². The zero-order valence-electron chi connectivity index (χ0n) is 13.7. The van der Waals surface area contributed by atoms with Gasteiger partial charge < -0.3 is 19.9 Å². The van der Waals surface area contributed by atoms with Gasteiger partial charge in [0.05, 0.1) is 17.9 Å². The number of fused-ring (bicyclic) bond motifs is 3. The number of para-hydroxylation sites is 2. The quantitative estimate of drug-likeness (QED) is 0.914. The van der Waals surface area contributed by atoms with Crippen LogP contribution in [-0.2, 0) is 16.1 Å². The van der Waals surface area contributed by atoms with Crippen molar-refractivity contribution >= 4 is 23.4 Å². The molecule has 2 amide bonds. The van der Waals surface area contributed by atoms with E-state index in [0.29, 0.717) is 19.6 Å². The van der Waals surface area contributed by atoms with Crippen molar-refractivity contribution in [1.82, 2.24) is 4.90 Å². The van der Waals surface area contributed by atoms with Crippen LogP contribution in [0.5, 0.6) is 0 Å². The van der Waals surface area contributed by atoms with Crippen LogP contribution < -0.4 is 10.2 Å². The second kappa shape index (κ2) is 6.47. The first-order valence-electron chi connectivity index (χ1n) is 8.34. The molecule has 0 aliphatic carbocycles. The number of amides is 2. The van der Waals surface area contributed by atoms with E-state index >= 15 is 0 Å². The highest BCUT2D eigenvalue weighted by Gasteiger charge is 2.38. The van der Waals surface area contributed by atoms with Crippen molar-refractivity contribution in [2.45, 2.75) is 12.6 Å². The largest absolute Gasteiger partial charge is 0.445 e. The van der Waals surface area contributed by atoms with Crippen molar-refractivity contribution in [3.63, 3.8) is 0 Å². The Kier molecular flexibility index (Phi) is 4.01. The fourth-order valence-corrected chi connectivity index (χ4v) is 3.32. The van der Waals surface area contributed by atoms with Crippen LogP contribution in [0.3, 0.4) is 0 Å². The fourth-order valence-electron chi connectivity index (χ4n) is 3.32. The summed E-state index contributed by atoms with van der Waals surface area (Å²) >= 11 is 0. The van der Waals surface area contributed by atoms with Gasteiger partial charge in [-0.1, -0.05) is 42.5 Å². The van der Waals surface area contributed by atoms with E-state index in [1.807, 2.05) is 54.6 Å². The van der Waals surface area contributed by atoms with Crippen LogP contribution >= 0.6 is 0 Å². The maximum Gasteiger partial charge on any atom is 0.410 e. The summed E-state index contributed by atoms with van der Waals surface area (Å²) in [5, 5.41) is 2.92. The van der Waals surface area contributed by atoms with Crippen LogP contribution in [0.25, 0.3) is 0 Å². The minimum absolute atomic E-state index is 0.0840. The second-order valence-corrected chi connectivity index (χ2v) is 6.20. The number of anilines is 2. The molecule has 2 aliphatic rings. The Labute approximate surface area is 146 Å². The van der Waals surface area contributed by atoms with Crippen LogP contribution in [-0.4, -0.2) is 42.6 Å². The number of nitrogens with zero attached hydrogens (tertiary/aromatic N) is 2. The molecule has 2 heterocycles. The van der Waals surface area contributed by atoms with E-state index in [2.05, 4.69) is 10.2 Å². The number of piperazine rings is 1. The summed E-state index contributed by atoms with van der Waals surface area (Å²) in [6.45, 7) is 1.70. The molecule has 2 aromatic rings. The Morgan fingerprint density at radius 2 is 1.84 bits per heavy atom. The van der Waals surface area contributed by atoms with Crippen LogP contribution in [0.2, 0.25) is 0 Å². The van der Waals surface area contributed by atoms with Gasteiger partial charge in [0.1, 0.15) is 12.6 Å². The first-order chi connectivity index (χ1) is 12.2. The summed E-state index contributed by atoms with van der Waals surface area (Å²) < 4.78 is 5.39. The molecule has 6 heteroatoms. The molecule has 0 aromatic heterocycles. The minimum Gasteiger partial charge on any atom is -0.445 e. The molecule has 0 spiro atoms. The van der Waals surface area contributed by atoms with E-state index in [1.54, 1.807) is 4.90 Å². The van der Waals surface area contributed by atoms with Crippen molar-refractivity contribution < 1.29 is 14.3 Å². The lowest BCUT2D eigenvalue weighted by Crippen LogP contribution is -2.61. The zero-order chi connectivity index (χ0) is 17.2. The molecule has 1 atom stereocenters. The normalized spacial score (nSPS) is 18.9. The van der Waals surface area contributed by atoms with Crippen molar-refractivity contribution in [2.75, 3.05) is 29.9 Å². The summed E-state index contributed by atoms with van der Waals surface area (Å²) in [4.78, 5) is 28.4. The van der Waals surface area contributed by atoms with E-state index in [9.17, 15) is 9.59 Å². The Bertz CT molecular complexity index is 794. The first-order valence-corrected chi connectivity index (χ1v) is 8.34. The zero-order valence-corrected chi connectivity index (χ0v) is 13.7. The number of carbonyl (C=O) groups excluding carboxylic acids is 2. The lowest BCUT2D eigenvalue weighted by atomic mass is 10.1. The highest BCUT2D eigenvalue weighted by Crippen LogP contribution is 2.33. The molecule has 25 heavy (non-hydrogen) atoms. The molecule has 1 N–H and O–H groups in total. The van der Waals surface area contributed by atoms with Gasteiger partial charge in [0.15, 0.2) is 0 Å². The van der Waals surface area contributed by atoms with Crippen LogP contribution in [0.1, 0.15) is 5.56 Å². The van der Waals surface area contributed by atoms with Gasteiger partial charge in [-0.3, -0.25) is 4.79 Å². The number of carbonyl (C=O) groups is 2. The van der Waals surface area contributed by atoms with E-state index in [-0.39, 0.29) is 24.6 Å². The third-order valence-electron chi connectivity index (χ3n) is 4.62. The third-order valence-corrected chi connectivity index (χ3v) is 4.62. The highest BCUT2D eigenvalue weighted by molar-refractivity contribution is 6.04. The van der Waals surface area contributed by atoms with E-state index in [4.69, 9.17) is 4.74 Å². The Morgan fingerprint density at radius 1 is 1.08 bits per heavy atom. The van der Waals surface area contributed by atoms with Crippen molar-refractivity contribution in [2.24, 2.45) is 0 Å². The lowest BCUT2D eigenvalue weighted by Gasteiger charge is -2.44. The predicted molar refractivity (Wildman–Crippen MR) is 94.4 cm³/mol. The molecule has 0 bridgehead atoms. The predicted octanol–water partition coefficient (Wildman–Crippen LogP) is 2.47. The smallest absolute Gasteiger partial charge is 0.410 e. The maximum absolute atomic E-state index is 12.4. The fraction of sp³-hybridized carbons (Fsp3) is 0.263. The van der Waals surface area contributed by atoms with Crippen LogP contribution in [0.4, 0.5) is 16.2 Å². The molecular formula is C19H19N3O3. The monoisotopic (exact) mass is 337 g/mol. The number of nitrogens with one attached hydrogen (secondary N) is 1. The number of rotatable bonds is 2. The SMILES string of the molecule is O=C1Nc2ccccc2N2CCN(C(=O)OCc3ccccc3)CC12. The topological polar surface area (TPSA) is 61.9 Å². The second-order valence-electron chi connectivity index (χ2n) is 6.20. The lowest BCUT2D eigenvalue weighted by molar-refractivity contribution is -0.118. The summed E-state index contributed by atoms with van der Waals surface area (Å²) in [6, 6.07) is 16.9. The molecule has 0 saturated carbocycles. The third kappa shape index (κ3) is 3.03. The number of hydrogen-bond acceptors (Lipinski definition) is 4. The molecule has 4 rings (SSSR count). The maximum atomic E-state index is 12.4. The molecule has 1 unspecified atom stereocenters. The molecule has 6 nitrogen and oxygen atoms in total. The number of benzene rings is 2. The summed E-state index contributed by atoms with van der Waals surface area (Å²) in [7, 11) is 0. The van der Waals surface area contributed by atoms with Gasteiger partial charge in [0, 0.05) is 13.1 Å². The van der Waals surface area contributed by atoms with Gasteiger partial charge in [-0.05, 0) is 17.7 Å². The highest BCUT2D eigenvalue weighted by atomic mass is 16.6. The minimum atomic E-state index is -0.382. The van der Waals surface area contributed by atoms with E-state index in [0.717, 1.165) is 16.9 Å². The molecule has 128 valence electrons.